The summed E-state index contributed by atoms with van der Waals surface area (Å²) < 4.78 is 80.9. The van der Waals surface area contributed by atoms with Crippen molar-refractivity contribution >= 4 is 11.7 Å². The SMILES string of the molecule is CCOC(=O)c1cc(C(F)(F)F)c([N+](=O)[O-])cc1C(F)(F)F. The highest BCUT2D eigenvalue weighted by molar-refractivity contribution is 5.92. The van der Waals surface area contributed by atoms with E-state index in [0.717, 1.165) is 0 Å². The van der Waals surface area contributed by atoms with Crippen LogP contribution < -0.4 is 0 Å². The number of nitrogens with zero attached hydrogens (tertiary/aromatic N) is 1. The molecule has 0 aliphatic rings. The van der Waals surface area contributed by atoms with E-state index in [4.69, 9.17) is 0 Å². The van der Waals surface area contributed by atoms with Crippen LogP contribution in [0, 0.1) is 10.1 Å². The maximum absolute atomic E-state index is 12.8. The molecule has 1 rings (SSSR count). The van der Waals surface area contributed by atoms with Gasteiger partial charge in [-0.25, -0.2) is 4.79 Å². The first-order chi connectivity index (χ1) is 9.89. The van der Waals surface area contributed by atoms with Crippen LogP contribution in [0.5, 0.6) is 0 Å². The van der Waals surface area contributed by atoms with Gasteiger partial charge in [-0.2, -0.15) is 26.3 Å². The van der Waals surface area contributed by atoms with Gasteiger partial charge in [-0.05, 0) is 13.0 Å². The Kier molecular flexibility index (Phi) is 4.68. The number of hydrogen-bond donors (Lipinski definition) is 0. The van der Waals surface area contributed by atoms with Crippen molar-refractivity contribution in [3.05, 3.63) is 38.9 Å². The molecule has 11 heteroatoms. The summed E-state index contributed by atoms with van der Waals surface area (Å²) in [6.45, 7) is 0.857. The van der Waals surface area contributed by atoms with Crippen LogP contribution in [0.1, 0.15) is 28.4 Å². The van der Waals surface area contributed by atoms with Gasteiger partial charge in [0.1, 0.15) is 5.56 Å². The summed E-state index contributed by atoms with van der Waals surface area (Å²) in [6, 6.07) is -0.548. The molecule has 0 spiro atoms. The van der Waals surface area contributed by atoms with Crippen molar-refractivity contribution in [1.82, 2.24) is 0 Å². The molecule has 0 radical (unpaired) electrons. The average molecular weight is 331 g/mol. The van der Waals surface area contributed by atoms with Crippen molar-refractivity contribution in [2.75, 3.05) is 6.61 Å². The molecule has 0 N–H and O–H groups in total. The lowest BCUT2D eigenvalue weighted by atomic mass is 10.0. The van der Waals surface area contributed by atoms with Gasteiger partial charge in [-0.1, -0.05) is 0 Å². The first-order valence-electron chi connectivity index (χ1n) is 5.53. The fourth-order valence-corrected chi connectivity index (χ4v) is 1.58. The van der Waals surface area contributed by atoms with Gasteiger partial charge < -0.3 is 4.74 Å². The van der Waals surface area contributed by atoms with Crippen LogP contribution >= 0.6 is 0 Å². The summed E-state index contributed by atoms with van der Waals surface area (Å²) in [6.07, 6.45) is -10.6. The van der Waals surface area contributed by atoms with E-state index in [1.807, 2.05) is 0 Å². The van der Waals surface area contributed by atoms with Gasteiger partial charge in [0.05, 0.1) is 22.7 Å². The Morgan fingerprint density at radius 2 is 1.64 bits per heavy atom. The van der Waals surface area contributed by atoms with E-state index in [0.29, 0.717) is 0 Å². The number of hydrogen-bond acceptors (Lipinski definition) is 4. The van der Waals surface area contributed by atoms with Crippen LogP contribution in [-0.4, -0.2) is 17.5 Å². The topological polar surface area (TPSA) is 69.4 Å². The van der Waals surface area contributed by atoms with Gasteiger partial charge in [0.15, 0.2) is 0 Å². The van der Waals surface area contributed by atoms with E-state index >= 15 is 0 Å². The van der Waals surface area contributed by atoms with Crippen molar-refractivity contribution in [3.63, 3.8) is 0 Å². The fourth-order valence-electron chi connectivity index (χ4n) is 1.58. The van der Waals surface area contributed by atoms with Crippen molar-refractivity contribution in [1.29, 1.82) is 0 Å². The number of alkyl halides is 6. The van der Waals surface area contributed by atoms with Crippen LogP contribution in [0.4, 0.5) is 32.0 Å². The third-order valence-corrected chi connectivity index (χ3v) is 2.44. The molecule has 122 valence electrons. The Bertz CT molecular complexity index is 608. The number of rotatable bonds is 3. The molecule has 1 aromatic carbocycles. The quantitative estimate of drug-likeness (QED) is 0.365. The number of ether oxygens (including phenoxy) is 1. The summed E-state index contributed by atoms with van der Waals surface area (Å²) in [5, 5.41) is 10.6. The third kappa shape index (κ3) is 3.65. The van der Waals surface area contributed by atoms with Crippen LogP contribution in [0.15, 0.2) is 12.1 Å². The standard InChI is InChI=1S/C11H7F6NO4/c1-2-22-9(19)5-3-7(11(15,16)17)8(18(20)21)4-6(5)10(12,13)14/h3-4H,2H2,1H3. The Hall–Kier alpha value is -2.33. The second-order valence-electron chi connectivity index (χ2n) is 3.89. The molecule has 0 heterocycles. The fraction of sp³-hybridized carbons (Fsp3) is 0.364. The summed E-state index contributed by atoms with van der Waals surface area (Å²) in [4.78, 5) is 20.4. The maximum Gasteiger partial charge on any atom is 0.423 e. The highest BCUT2D eigenvalue weighted by Crippen LogP contribution is 2.42. The van der Waals surface area contributed by atoms with Gasteiger partial charge in [-0.3, -0.25) is 10.1 Å². The minimum absolute atomic E-state index is 0.223. The number of nitro groups is 1. The molecule has 1 aromatic rings. The number of esters is 1. The van der Waals surface area contributed by atoms with E-state index in [1.54, 1.807) is 0 Å². The zero-order chi connectivity index (χ0) is 17.3. The minimum Gasteiger partial charge on any atom is -0.462 e. The third-order valence-electron chi connectivity index (χ3n) is 2.44. The molecule has 0 saturated heterocycles. The molecular weight excluding hydrogens is 324 g/mol. The summed E-state index contributed by atoms with van der Waals surface area (Å²) in [5.74, 6) is -1.66. The molecule has 0 atom stereocenters. The van der Waals surface area contributed by atoms with E-state index in [-0.39, 0.29) is 18.7 Å². The van der Waals surface area contributed by atoms with Crippen molar-refractivity contribution in [3.8, 4) is 0 Å². The lowest BCUT2D eigenvalue weighted by Crippen LogP contribution is -2.19. The van der Waals surface area contributed by atoms with E-state index in [9.17, 15) is 41.3 Å². The molecular formula is C11H7F6NO4. The van der Waals surface area contributed by atoms with E-state index in [2.05, 4.69) is 4.74 Å². The Morgan fingerprint density at radius 1 is 1.14 bits per heavy atom. The van der Waals surface area contributed by atoms with Gasteiger partial charge in [0.2, 0.25) is 0 Å². The number of carbonyl (C=O) groups is 1. The maximum atomic E-state index is 12.8. The summed E-state index contributed by atoms with van der Waals surface area (Å²) in [7, 11) is 0. The van der Waals surface area contributed by atoms with Crippen LogP contribution in [0.25, 0.3) is 0 Å². The lowest BCUT2D eigenvalue weighted by molar-refractivity contribution is -0.388. The number of nitro benzene ring substituents is 1. The first kappa shape index (κ1) is 17.7. The first-order valence-corrected chi connectivity index (χ1v) is 5.53. The summed E-state index contributed by atoms with van der Waals surface area (Å²) >= 11 is 0. The number of carbonyl (C=O) groups excluding carboxylic acids is 1. The molecule has 0 bridgehead atoms. The van der Waals surface area contributed by atoms with Crippen LogP contribution in [0.2, 0.25) is 0 Å². The second-order valence-corrected chi connectivity index (χ2v) is 3.89. The molecule has 5 nitrogen and oxygen atoms in total. The van der Waals surface area contributed by atoms with Crippen molar-refractivity contribution in [2.24, 2.45) is 0 Å². The molecule has 22 heavy (non-hydrogen) atoms. The Balaban J connectivity index is 3.74. The van der Waals surface area contributed by atoms with E-state index in [1.165, 1.54) is 6.92 Å². The predicted molar refractivity (Wildman–Crippen MR) is 59.1 cm³/mol. The van der Waals surface area contributed by atoms with Crippen molar-refractivity contribution in [2.45, 2.75) is 19.3 Å². The second kappa shape index (κ2) is 5.81. The average Bonchev–Trinajstić information content (AvgIpc) is 2.35. The molecule has 0 amide bonds. The molecule has 0 aliphatic heterocycles. The minimum atomic E-state index is -5.31. The van der Waals surface area contributed by atoms with Crippen molar-refractivity contribution < 1.29 is 40.8 Å². The van der Waals surface area contributed by atoms with Gasteiger partial charge in [0.25, 0.3) is 5.69 Å². The smallest absolute Gasteiger partial charge is 0.423 e. The molecule has 0 aliphatic carbocycles. The van der Waals surface area contributed by atoms with Crippen LogP contribution in [-0.2, 0) is 17.1 Å². The highest BCUT2D eigenvalue weighted by atomic mass is 19.4. The molecule has 0 fully saturated rings. The Labute approximate surface area is 118 Å². The lowest BCUT2D eigenvalue weighted by Gasteiger charge is -2.15. The molecule has 0 saturated carbocycles. The zero-order valence-corrected chi connectivity index (χ0v) is 10.7. The van der Waals surface area contributed by atoms with Gasteiger partial charge in [0, 0.05) is 6.07 Å². The molecule has 0 aromatic heterocycles. The highest BCUT2D eigenvalue weighted by Gasteiger charge is 2.44. The summed E-state index contributed by atoms with van der Waals surface area (Å²) in [5.41, 5.74) is -7.07. The van der Waals surface area contributed by atoms with Crippen LogP contribution in [0.3, 0.4) is 0 Å². The predicted octanol–water partition coefficient (Wildman–Crippen LogP) is 3.81. The monoisotopic (exact) mass is 331 g/mol. The molecule has 0 unspecified atom stereocenters. The number of benzene rings is 1. The van der Waals surface area contributed by atoms with Gasteiger partial charge >= 0.3 is 18.3 Å². The largest absolute Gasteiger partial charge is 0.462 e. The normalized spacial score (nSPS) is 12.1. The van der Waals surface area contributed by atoms with Gasteiger partial charge in [-0.15, -0.1) is 0 Å². The zero-order valence-electron chi connectivity index (χ0n) is 10.7. The Morgan fingerprint density at radius 3 is 2.00 bits per heavy atom. The number of halogens is 6. The van der Waals surface area contributed by atoms with E-state index < -0.39 is 45.6 Å².